The number of fused-ring (bicyclic) bond motifs is 1. The number of methoxy groups -OCH3 is 3. The van der Waals surface area contributed by atoms with E-state index in [1.165, 1.54) is 47.3 Å². The molecule has 1 aliphatic rings. The molecule has 0 saturated heterocycles. The van der Waals surface area contributed by atoms with E-state index in [4.69, 9.17) is 28.7 Å². The van der Waals surface area contributed by atoms with Gasteiger partial charge in [-0.2, -0.15) is 4.98 Å². The van der Waals surface area contributed by atoms with Crippen LogP contribution in [0.1, 0.15) is 16.7 Å². The van der Waals surface area contributed by atoms with Crippen molar-refractivity contribution in [1.82, 2.24) is 15.0 Å². The number of hydrogen-bond donors (Lipinski definition) is 4. The second kappa shape index (κ2) is 22.3. The van der Waals surface area contributed by atoms with E-state index >= 15 is 0 Å². The Morgan fingerprint density at radius 3 is 2.02 bits per heavy atom. The standard InChI is InChI=1S/C23H26FN6O9P.2Na.6H2O.2H/c1-23(2)21(31)30(11-38-40(32,33)34)20-14(39-23)6-7-17(28-20)27-19-13(24)10-25-22(29-19)26-12-8-15(35-3)18(37-5)16(9-12)36-4;;;;;;;;;;/h6-10H,11H2,1-5H3,(H2,32,33,34)(H2,25,26,27,28,29);;;6*1H2;;/q;2*+1;;;;;;;2*-1. The van der Waals surface area contributed by atoms with Crippen molar-refractivity contribution < 1.29 is 142 Å². The number of aromatic nitrogens is 3. The molecule has 1 aromatic carbocycles. The summed E-state index contributed by atoms with van der Waals surface area (Å²) in [7, 11) is -0.521. The number of nitrogens with zero attached hydrogens (tertiary/aromatic N) is 4. The molecule has 0 unspecified atom stereocenters. The molecule has 0 spiro atoms. The molecule has 266 valence electrons. The van der Waals surface area contributed by atoms with Gasteiger partial charge in [-0.1, -0.05) is 0 Å². The fourth-order valence-corrected chi connectivity index (χ4v) is 3.96. The molecule has 16 N–H and O–H groups in total. The second-order valence-electron chi connectivity index (χ2n) is 8.67. The molecule has 0 fully saturated rings. The Morgan fingerprint density at radius 2 is 1.52 bits per heavy atom. The summed E-state index contributed by atoms with van der Waals surface area (Å²) in [5.41, 5.74) is -0.911. The maximum atomic E-state index is 14.7. The molecule has 3 aromatic rings. The Hall–Kier alpha value is -2.48. The fourth-order valence-electron chi connectivity index (χ4n) is 3.69. The van der Waals surface area contributed by atoms with Gasteiger partial charge in [0.25, 0.3) is 5.91 Å². The van der Waals surface area contributed by atoms with Crippen molar-refractivity contribution in [1.29, 1.82) is 0 Å². The zero-order valence-electron chi connectivity index (χ0n) is 29.0. The number of phosphoric ester groups is 1. The van der Waals surface area contributed by atoms with Gasteiger partial charge < -0.3 is 75.1 Å². The molecule has 3 heterocycles. The minimum absolute atomic E-state index is 0. The number of carbonyl (C=O) groups is 1. The molecule has 21 nitrogen and oxygen atoms in total. The molecule has 0 radical (unpaired) electrons. The summed E-state index contributed by atoms with van der Waals surface area (Å²) in [6.45, 7) is 2.16. The van der Waals surface area contributed by atoms with Crippen LogP contribution < -0.4 is 93.6 Å². The number of carbonyl (C=O) groups excluding carboxylic acids is 1. The molecule has 0 atom stereocenters. The zero-order valence-corrected chi connectivity index (χ0v) is 31.9. The maximum Gasteiger partial charge on any atom is 1.00 e. The Kier molecular flexibility index (Phi) is 25.5. The molecular formula is C23H40FN6Na2O15P. The Bertz CT molecular complexity index is 1500. The number of hydrogen-bond acceptors (Lipinski definition) is 12. The van der Waals surface area contributed by atoms with Crippen LogP contribution in [-0.2, 0) is 13.9 Å². The van der Waals surface area contributed by atoms with Gasteiger partial charge in [-0.3, -0.25) is 14.2 Å². The van der Waals surface area contributed by atoms with Crippen LogP contribution in [0.25, 0.3) is 0 Å². The third-order valence-electron chi connectivity index (χ3n) is 5.49. The minimum atomic E-state index is -4.91. The SMILES string of the molecule is COc1cc(Nc2ncc(F)c(Nc3ccc4c(n3)N(COP(=O)(O)O)C(=O)C(C)(C)O4)n2)cc(OC)c1OC.O.O.O.O.O.O.[H-].[H-].[Na+].[Na+]. The molecule has 4 rings (SSSR count). The van der Waals surface area contributed by atoms with Gasteiger partial charge in [0.05, 0.1) is 27.5 Å². The van der Waals surface area contributed by atoms with Crippen LogP contribution in [0.15, 0.2) is 30.5 Å². The predicted octanol–water partition coefficient (Wildman–Crippen LogP) is -7.62. The summed E-state index contributed by atoms with van der Waals surface area (Å²) >= 11 is 0. The summed E-state index contributed by atoms with van der Waals surface area (Å²) in [6, 6.07) is 6.12. The Labute approximate surface area is 320 Å². The predicted molar refractivity (Wildman–Crippen MR) is 163 cm³/mol. The molecule has 48 heavy (non-hydrogen) atoms. The van der Waals surface area contributed by atoms with Crippen LogP contribution in [0.4, 0.5) is 33.5 Å². The van der Waals surface area contributed by atoms with Crippen LogP contribution in [-0.4, -0.2) is 97.2 Å². The number of halogens is 1. The molecular weight excluding hydrogens is 696 g/mol. The van der Waals surface area contributed by atoms with Gasteiger partial charge in [0.15, 0.2) is 40.3 Å². The smallest absolute Gasteiger partial charge is 1.00 e. The number of nitrogens with one attached hydrogen (secondary N) is 2. The van der Waals surface area contributed by atoms with E-state index in [1.807, 2.05) is 0 Å². The quantitative estimate of drug-likeness (QED) is 0.111. The number of amides is 1. The first-order chi connectivity index (χ1) is 18.8. The van der Waals surface area contributed by atoms with Gasteiger partial charge in [-0.05, 0) is 26.0 Å². The van der Waals surface area contributed by atoms with Crippen molar-refractivity contribution in [3.05, 3.63) is 36.3 Å². The van der Waals surface area contributed by atoms with Crippen LogP contribution in [0.3, 0.4) is 0 Å². The van der Waals surface area contributed by atoms with Crippen molar-refractivity contribution >= 4 is 42.8 Å². The van der Waals surface area contributed by atoms with E-state index in [-0.39, 0.29) is 124 Å². The van der Waals surface area contributed by atoms with Crippen LogP contribution in [0, 0.1) is 5.82 Å². The molecule has 0 bridgehead atoms. The minimum Gasteiger partial charge on any atom is -1.00 e. The second-order valence-corrected chi connectivity index (χ2v) is 9.91. The van der Waals surface area contributed by atoms with E-state index in [2.05, 4.69) is 30.1 Å². The van der Waals surface area contributed by atoms with Crippen molar-refractivity contribution in [3.8, 4) is 23.0 Å². The molecule has 1 aliphatic heterocycles. The van der Waals surface area contributed by atoms with Crippen molar-refractivity contribution in [2.75, 3.05) is 43.6 Å². The number of rotatable bonds is 10. The number of benzene rings is 1. The number of anilines is 5. The summed E-state index contributed by atoms with van der Waals surface area (Å²) < 4.78 is 52.1. The average Bonchev–Trinajstić information content (AvgIpc) is 2.89. The van der Waals surface area contributed by atoms with E-state index in [1.54, 1.807) is 12.1 Å². The molecule has 0 aliphatic carbocycles. The van der Waals surface area contributed by atoms with Gasteiger partial charge in [0, 0.05) is 17.8 Å². The summed E-state index contributed by atoms with van der Waals surface area (Å²) in [5, 5.41) is 5.64. The monoisotopic (exact) mass is 736 g/mol. The summed E-state index contributed by atoms with van der Waals surface area (Å²) in [4.78, 5) is 44.4. The summed E-state index contributed by atoms with van der Waals surface area (Å²) in [6.07, 6.45) is 0.934. The number of ether oxygens (including phenoxy) is 4. The normalized spacial score (nSPS) is 11.8. The van der Waals surface area contributed by atoms with Crippen molar-refractivity contribution in [2.45, 2.75) is 19.4 Å². The largest absolute Gasteiger partial charge is 1.00 e. The van der Waals surface area contributed by atoms with Crippen molar-refractivity contribution in [2.24, 2.45) is 0 Å². The van der Waals surface area contributed by atoms with Gasteiger partial charge in [0.2, 0.25) is 11.7 Å². The zero-order chi connectivity index (χ0) is 29.2. The molecule has 1 amide bonds. The Morgan fingerprint density at radius 1 is 0.958 bits per heavy atom. The van der Waals surface area contributed by atoms with Crippen LogP contribution in [0.2, 0.25) is 0 Å². The van der Waals surface area contributed by atoms with Gasteiger partial charge in [-0.15, -0.1) is 0 Å². The number of pyridine rings is 1. The fraction of sp³-hybridized carbons (Fsp3) is 0.304. The third kappa shape index (κ3) is 12.8. The van der Waals surface area contributed by atoms with E-state index < -0.39 is 31.9 Å². The van der Waals surface area contributed by atoms with E-state index in [0.29, 0.717) is 22.9 Å². The van der Waals surface area contributed by atoms with Crippen LogP contribution >= 0.6 is 7.82 Å². The first-order valence-electron chi connectivity index (χ1n) is 11.4. The van der Waals surface area contributed by atoms with Gasteiger partial charge >= 0.3 is 66.9 Å². The third-order valence-corrected chi connectivity index (χ3v) is 5.94. The van der Waals surface area contributed by atoms with Gasteiger partial charge in [-0.25, -0.2) is 18.9 Å². The van der Waals surface area contributed by atoms with E-state index in [0.717, 1.165) is 11.1 Å². The summed E-state index contributed by atoms with van der Waals surface area (Å²) in [5.74, 6) is -0.550. The van der Waals surface area contributed by atoms with Gasteiger partial charge in [0.1, 0.15) is 12.5 Å². The van der Waals surface area contributed by atoms with E-state index in [9.17, 15) is 13.8 Å². The number of phosphoric acid groups is 1. The van der Waals surface area contributed by atoms with Crippen LogP contribution in [0.5, 0.6) is 23.0 Å². The molecule has 25 heteroatoms. The molecule has 2 aromatic heterocycles. The Balaban J connectivity index is -0.000000370. The average molecular weight is 737 g/mol. The topological polar surface area (TPSA) is 376 Å². The first-order valence-corrected chi connectivity index (χ1v) is 13.0. The maximum absolute atomic E-state index is 14.7. The van der Waals surface area contributed by atoms with Crippen molar-refractivity contribution in [3.63, 3.8) is 0 Å². The molecule has 0 saturated carbocycles. The first kappa shape index (κ1) is 55.0.